The molecule has 0 radical (unpaired) electrons. The van der Waals surface area contributed by atoms with Crippen molar-refractivity contribution in [3.8, 4) is 0 Å². The fourth-order valence-corrected chi connectivity index (χ4v) is 10.1. The summed E-state index contributed by atoms with van der Waals surface area (Å²) in [6, 6.07) is 8.04. The number of esters is 2. The Kier molecular flexibility index (Phi) is 23.0. The Morgan fingerprint density at radius 3 is 1.28 bits per heavy atom. The molecule has 5 rings (SSSR count). The molecule has 2 unspecified atom stereocenters. The lowest BCUT2D eigenvalue weighted by atomic mass is 9.98. The van der Waals surface area contributed by atoms with Crippen molar-refractivity contribution in [2.45, 2.75) is 105 Å². The summed E-state index contributed by atoms with van der Waals surface area (Å²) in [6.07, 6.45) is 9.74. The first-order valence-corrected chi connectivity index (χ1v) is 29.3. The topological polar surface area (TPSA) is 227 Å². The Morgan fingerprint density at radius 1 is 0.526 bits per heavy atom. The highest BCUT2D eigenvalue weighted by atomic mass is 31.2. The van der Waals surface area contributed by atoms with E-state index >= 15 is 0 Å². The van der Waals surface area contributed by atoms with Crippen LogP contribution in [0.3, 0.4) is 0 Å². The molecule has 2 atom stereocenters. The molecule has 5 heterocycles. The van der Waals surface area contributed by atoms with E-state index in [1.807, 2.05) is 93.4 Å². The zero-order valence-electron chi connectivity index (χ0n) is 46.6. The number of carbonyl (C=O) groups is 2. The van der Waals surface area contributed by atoms with Gasteiger partial charge in [0.25, 0.3) is 15.6 Å². The lowest BCUT2D eigenvalue weighted by molar-refractivity contribution is -0.870. The maximum Gasteiger partial charge on any atom is 0.306 e. The van der Waals surface area contributed by atoms with Gasteiger partial charge in [0.2, 0.25) is 0 Å². The highest BCUT2D eigenvalue weighted by Gasteiger charge is 2.24. The summed E-state index contributed by atoms with van der Waals surface area (Å²) in [4.78, 5) is 68.2. The molecule has 8 bridgehead atoms. The highest BCUT2D eigenvalue weighted by molar-refractivity contribution is 7.46. The largest absolute Gasteiger partial charge is 0.756 e. The van der Waals surface area contributed by atoms with E-state index < -0.39 is 15.6 Å². The second kappa shape index (κ2) is 28.2. The Labute approximate surface area is 449 Å². The molecular formula is C56H82N6O12P2. The molecule has 418 valence electrons. The number of aryl methyl sites for hydroxylation is 2. The van der Waals surface area contributed by atoms with Gasteiger partial charge in [-0.15, -0.1) is 0 Å². The van der Waals surface area contributed by atoms with Crippen LogP contribution in [0.1, 0.15) is 136 Å². The fourth-order valence-electron chi connectivity index (χ4n) is 8.67. The lowest BCUT2D eigenvalue weighted by Crippen LogP contribution is -2.37. The Bertz CT molecular complexity index is 2890. The van der Waals surface area contributed by atoms with Crippen LogP contribution in [0.4, 0.5) is 0 Å². The number of allylic oxidation sites excluding steroid dienone is 4. The van der Waals surface area contributed by atoms with E-state index in [4.69, 9.17) is 37.5 Å². The minimum absolute atomic E-state index is 0.0275. The quantitative estimate of drug-likeness (QED) is 0.0257. The number of likely N-dealkylation sites (N-methyl/N-ethyl adjacent to an activating group) is 2. The predicted molar refractivity (Wildman–Crippen MR) is 298 cm³/mol. The van der Waals surface area contributed by atoms with Crippen molar-refractivity contribution in [3.05, 3.63) is 82.5 Å². The standard InChI is InChI=1S/C56H82N6O12P2/c1-13-43-39(3)47-35-48-41(5)45(23-25-55(63)69-29-19-15-17-21-31-71-75(65,66)73-33-27-61(7,8)9)53(59-48)38-54-46(42(6)50(60-54)37-52-44(14-2)40(4)49(58-52)36-51(43)57-47)24-26-56(64)70-30-20-16-18-22-32-72-76(67,68)74-34-28-62(10,11)12/h13-14,35-38H,1-2,15-34H2,3-12H3,(H2-2,57,58,59,60,65,66,67,68). The van der Waals surface area contributed by atoms with Crippen LogP contribution in [-0.2, 0) is 46.3 Å². The third-order valence-electron chi connectivity index (χ3n) is 13.3. The molecule has 0 aliphatic carbocycles. The van der Waals surface area contributed by atoms with Crippen LogP contribution in [0, 0.1) is 13.8 Å². The number of phosphoric acid groups is 2. The minimum Gasteiger partial charge on any atom is -0.756 e. The number of nitrogens with one attached hydrogen (secondary N) is 2. The van der Waals surface area contributed by atoms with Gasteiger partial charge < -0.3 is 56.3 Å². The molecule has 2 aliphatic heterocycles. The lowest BCUT2D eigenvalue weighted by Gasteiger charge is -2.27. The number of aromatic nitrogens is 4. The van der Waals surface area contributed by atoms with Crippen molar-refractivity contribution >= 4 is 84.1 Å². The minimum atomic E-state index is -4.36. The van der Waals surface area contributed by atoms with Crippen molar-refractivity contribution in [1.29, 1.82) is 0 Å². The van der Waals surface area contributed by atoms with Gasteiger partial charge in [-0.3, -0.25) is 18.7 Å². The second-order valence-corrected chi connectivity index (χ2v) is 24.3. The summed E-state index contributed by atoms with van der Waals surface area (Å²) >= 11 is 0. The molecule has 0 aromatic carbocycles. The van der Waals surface area contributed by atoms with Crippen LogP contribution in [0.5, 0.6) is 0 Å². The van der Waals surface area contributed by atoms with E-state index in [1.165, 1.54) is 0 Å². The zero-order valence-corrected chi connectivity index (χ0v) is 48.4. The molecule has 3 aromatic heterocycles. The molecule has 0 saturated heterocycles. The van der Waals surface area contributed by atoms with Gasteiger partial charge in [0.15, 0.2) is 0 Å². The molecule has 18 nitrogen and oxygen atoms in total. The van der Waals surface area contributed by atoms with Gasteiger partial charge in [-0.1, -0.05) is 38.2 Å². The molecule has 0 fully saturated rings. The van der Waals surface area contributed by atoms with E-state index in [2.05, 4.69) is 36.1 Å². The van der Waals surface area contributed by atoms with E-state index in [0.717, 1.165) is 85.1 Å². The number of unbranched alkanes of at least 4 members (excludes halogenated alkanes) is 6. The first-order valence-electron chi connectivity index (χ1n) is 26.3. The van der Waals surface area contributed by atoms with Gasteiger partial charge in [-0.2, -0.15) is 0 Å². The smallest absolute Gasteiger partial charge is 0.306 e. The monoisotopic (exact) mass is 1090 g/mol. The summed E-state index contributed by atoms with van der Waals surface area (Å²) in [5.41, 5.74) is 13.7. The normalized spacial score (nSPS) is 14.7. The van der Waals surface area contributed by atoms with Gasteiger partial charge in [0, 0.05) is 46.0 Å². The van der Waals surface area contributed by atoms with Crippen molar-refractivity contribution in [1.82, 2.24) is 19.9 Å². The van der Waals surface area contributed by atoms with Crippen LogP contribution >= 0.6 is 15.6 Å². The van der Waals surface area contributed by atoms with Crippen LogP contribution in [0.2, 0.25) is 0 Å². The molecule has 2 aliphatic rings. The van der Waals surface area contributed by atoms with Gasteiger partial charge in [0.1, 0.15) is 26.3 Å². The van der Waals surface area contributed by atoms with Crippen LogP contribution in [0.25, 0.3) is 56.5 Å². The maximum atomic E-state index is 13.3. The molecular weight excluding hydrogens is 1010 g/mol. The molecule has 20 heteroatoms. The van der Waals surface area contributed by atoms with Crippen molar-refractivity contribution < 1.29 is 65.0 Å². The first-order chi connectivity index (χ1) is 35.8. The van der Waals surface area contributed by atoms with E-state index in [9.17, 15) is 28.5 Å². The summed E-state index contributed by atoms with van der Waals surface area (Å²) in [5, 5.41) is 0. The van der Waals surface area contributed by atoms with Gasteiger partial charge in [-0.05, 0) is 137 Å². The summed E-state index contributed by atoms with van der Waals surface area (Å²) < 4.78 is 56.6. The van der Waals surface area contributed by atoms with Crippen molar-refractivity contribution in [2.75, 3.05) is 95.0 Å². The van der Waals surface area contributed by atoms with Gasteiger partial charge >= 0.3 is 11.9 Å². The molecule has 76 heavy (non-hydrogen) atoms. The second-order valence-electron chi connectivity index (χ2n) is 21.5. The Hall–Kier alpha value is -4.84. The molecule has 2 N–H and O–H groups in total. The predicted octanol–water partition coefficient (Wildman–Crippen LogP) is 10.3. The first kappa shape index (κ1) is 62.0. The van der Waals surface area contributed by atoms with Gasteiger partial charge in [0.05, 0.1) is 91.5 Å². The molecule has 3 aromatic rings. The number of nitrogens with zero attached hydrogens (tertiary/aromatic N) is 4. The third kappa shape index (κ3) is 19.3. The number of phosphoric ester groups is 2. The fraction of sp³-hybridized carbons (Fsp3) is 0.536. The molecule has 0 amide bonds. The number of hydrogen-bond acceptors (Lipinski definition) is 14. The maximum absolute atomic E-state index is 13.3. The van der Waals surface area contributed by atoms with Crippen LogP contribution < -0.4 is 9.79 Å². The van der Waals surface area contributed by atoms with Crippen LogP contribution in [-0.4, -0.2) is 136 Å². The summed E-state index contributed by atoms with van der Waals surface area (Å²) in [7, 11) is 2.96. The highest BCUT2D eigenvalue weighted by Crippen LogP contribution is 2.41. The van der Waals surface area contributed by atoms with Crippen molar-refractivity contribution in [3.63, 3.8) is 0 Å². The number of fused-ring (bicyclic) bond motifs is 8. The Morgan fingerprint density at radius 2 is 0.882 bits per heavy atom. The Balaban J connectivity index is 1.29. The summed E-state index contributed by atoms with van der Waals surface area (Å²) in [5.74, 6) is -0.692. The number of aromatic amines is 2. The average molecular weight is 1090 g/mol. The van der Waals surface area contributed by atoms with E-state index in [-0.39, 0.29) is 64.4 Å². The van der Waals surface area contributed by atoms with Crippen LogP contribution in [0.15, 0.2) is 37.4 Å². The van der Waals surface area contributed by atoms with Gasteiger partial charge in [-0.25, -0.2) is 9.97 Å². The summed E-state index contributed by atoms with van der Waals surface area (Å²) in [6.45, 7) is 18.0. The number of ether oxygens (including phenoxy) is 2. The number of rotatable bonds is 32. The third-order valence-corrected chi connectivity index (χ3v) is 15.3. The number of quaternary nitrogens is 2. The SMILES string of the molecule is C=Cc1c(C)c2cc3[nH]c(cc4nc(cc5nc(cc1[nH]2)C(C)=C5CCC(=O)OCCCCCCOP(=O)([O-])OCC[N+](C)(C)C)C(CCC(=O)OCCCCCCOP(=O)([O-])OCC[N+](C)(C)C)=C4C)c(C)c3C=C. The number of H-pyrrole nitrogens is 2. The van der Waals surface area contributed by atoms with E-state index in [1.54, 1.807) is 0 Å². The zero-order chi connectivity index (χ0) is 55.8. The molecule has 0 spiro atoms. The number of carbonyl (C=O) groups excluding carboxylic acids is 2. The molecule has 0 saturated carbocycles. The average Bonchev–Trinajstić information content (AvgIpc) is 4.00. The number of hydrogen-bond donors (Lipinski definition) is 2. The van der Waals surface area contributed by atoms with E-state index in [0.29, 0.717) is 90.5 Å². The van der Waals surface area contributed by atoms with Crippen molar-refractivity contribution in [2.24, 2.45) is 0 Å².